The molecule has 2 aromatic rings. The van der Waals surface area contributed by atoms with Gasteiger partial charge in [0.25, 0.3) is 0 Å². The van der Waals surface area contributed by atoms with E-state index in [2.05, 4.69) is 11.7 Å². The predicted octanol–water partition coefficient (Wildman–Crippen LogP) is 3.37. The molecular weight excluding hydrogens is 252 g/mol. The third-order valence-electron chi connectivity index (χ3n) is 3.22. The minimum absolute atomic E-state index is 0.156. The lowest BCUT2D eigenvalue weighted by Gasteiger charge is -2.08. The lowest BCUT2D eigenvalue weighted by atomic mass is 10.0. The van der Waals surface area contributed by atoms with Crippen LogP contribution in [0.3, 0.4) is 0 Å². The Morgan fingerprint density at radius 3 is 2.85 bits per heavy atom. The number of aromatic nitrogens is 2. The quantitative estimate of drug-likeness (QED) is 0.597. The average Bonchev–Trinajstić information content (AvgIpc) is 2.91. The third kappa shape index (κ3) is 2.64. The number of rotatable bonds is 6. The van der Waals surface area contributed by atoms with Crippen molar-refractivity contribution in [3.8, 4) is 11.4 Å². The Kier molecular flexibility index (Phi) is 4.35. The summed E-state index contributed by atoms with van der Waals surface area (Å²) in [6.07, 6.45) is 5.19. The molecule has 0 fully saturated rings. The molecule has 1 atom stereocenters. The summed E-state index contributed by atoms with van der Waals surface area (Å²) in [4.78, 5) is 11.2. The summed E-state index contributed by atoms with van der Waals surface area (Å²) in [6, 6.07) is 7.58. The molecule has 0 aliphatic carbocycles. The highest BCUT2D eigenvalue weighted by Gasteiger charge is 2.16. The van der Waals surface area contributed by atoms with Crippen LogP contribution < -0.4 is 4.74 Å². The molecule has 4 nitrogen and oxygen atoms in total. The fourth-order valence-electron chi connectivity index (χ4n) is 2.18. The molecule has 2 rings (SSSR count). The van der Waals surface area contributed by atoms with Gasteiger partial charge >= 0.3 is 0 Å². The lowest BCUT2D eigenvalue weighted by molar-refractivity contribution is 0.112. The van der Waals surface area contributed by atoms with Gasteiger partial charge in [-0.3, -0.25) is 4.79 Å². The largest absolute Gasteiger partial charge is 0.494 e. The zero-order valence-electron chi connectivity index (χ0n) is 11.7. The van der Waals surface area contributed by atoms with Gasteiger partial charge in [-0.05, 0) is 18.6 Å². The van der Waals surface area contributed by atoms with E-state index in [1.54, 1.807) is 18.0 Å². The first kappa shape index (κ1) is 14.1. The Morgan fingerprint density at radius 2 is 2.20 bits per heavy atom. The molecule has 1 unspecified atom stereocenters. The third-order valence-corrected chi connectivity index (χ3v) is 3.22. The SMILES string of the molecule is C=CCC(C)c1nn(-c2ccccc2OC)cc1C=O. The normalized spacial score (nSPS) is 11.9. The molecule has 4 heteroatoms. The van der Waals surface area contributed by atoms with Crippen LogP contribution in [0, 0.1) is 0 Å². The highest BCUT2D eigenvalue weighted by Crippen LogP contribution is 2.26. The van der Waals surface area contributed by atoms with Gasteiger partial charge < -0.3 is 4.74 Å². The van der Waals surface area contributed by atoms with Crippen LogP contribution in [0.5, 0.6) is 5.75 Å². The average molecular weight is 270 g/mol. The van der Waals surface area contributed by atoms with Crippen molar-refractivity contribution in [2.75, 3.05) is 7.11 Å². The Morgan fingerprint density at radius 1 is 1.45 bits per heavy atom. The maximum Gasteiger partial charge on any atom is 0.153 e. The van der Waals surface area contributed by atoms with Gasteiger partial charge in [0.15, 0.2) is 6.29 Å². The van der Waals surface area contributed by atoms with E-state index >= 15 is 0 Å². The molecule has 1 heterocycles. The van der Waals surface area contributed by atoms with Gasteiger partial charge in [0.2, 0.25) is 0 Å². The number of aldehydes is 1. The highest BCUT2D eigenvalue weighted by atomic mass is 16.5. The van der Waals surface area contributed by atoms with Gasteiger partial charge in [0, 0.05) is 12.1 Å². The lowest BCUT2D eigenvalue weighted by Crippen LogP contribution is -2.01. The van der Waals surface area contributed by atoms with Gasteiger partial charge in [0.1, 0.15) is 11.4 Å². The van der Waals surface area contributed by atoms with Crippen molar-refractivity contribution in [2.24, 2.45) is 0 Å². The zero-order chi connectivity index (χ0) is 14.5. The maximum atomic E-state index is 11.2. The number of methoxy groups -OCH3 is 1. The Labute approximate surface area is 118 Å². The number of para-hydroxylation sites is 2. The summed E-state index contributed by atoms with van der Waals surface area (Å²) in [5.74, 6) is 0.874. The fourth-order valence-corrected chi connectivity index (χ4v) is 2.18. The van der Waals surface area contributed by atoms with Crippen LogP contribution in [0.4, 0.5) is 0 Å². The van der Waals surface area contributed by atoms with Crippen molar-refractivity contribution in [3.63, 3.8) is 0 Å². The van der Waals surface area contributed by atoms with E-state index in [1.165, 1.54) is 0 Å². The standard InChI is InChI=1S/C16H18N2O2/c1-4-7-12(2)16-13(11-19)10-18(17-16)14-8-5-6-9-15(14)20-3/h4-6,8-12H,1,7H2,2-3H3. The first-order valence-electron chi connectivity index (χ1n) is 6.50. The molecule has 0 saturated heterocycles. The van der Waals surface area contributed by atoms with E-state index in [1.807, 2.05) is 37.3 Å². The van der Waals surface area contributed by atoms with Gasteiger partial charge in [-0.1, -0.05) is 25.1 Å². The molecule has 0 saturated carbocycles. The summed E-state index contributed by atoms with van der Waals surface area (Å²) in [5.41, 5.74) is 2.20. The summed E-state index contributed by atoms with van der Waals surface area (Å²) in [5, 5.41) is 4.54. The van der Waals surface area contributed by atoms with E-state index in [-0.39, 0.29) is 5.92 Å². The molecule has 0 N–H and O–H groups in total. The Bertz CT molecular complexity index is 617. The number of hydrogen-bond acceptors (Lipinski definition) is 3. The number of carbonyl (C=O) groups is 1. The minimum Gasteiger partial charge on any atom is -0.494 e. The van der Waals surface area contributed by atoms with Gasteiger partial charge in [-0.2, -0.15) is 5.10 Å². The monoisotopic (exact) mass is 270 g/mol. The fraction of sp³-hybridized carbons (Fsp3) is 0.250. The van der Waals surface area contributed by atoms with E-state index < -0.39 is 0 Å². The first-order chi connectivity index (χ1) is 9.71. The molecule has 0 aliphatic rings. The second-order valence-electron chi connectivity index (χ2n) is 4.63. The van der Waals surface area contributed by atoms with Crippen molar-refractivity contribution in [1.29, 1.82) is 0 Å². The molecule has 1 aromatic heterocycles. The maximum absolute atomic E-state index is 11.2. The van der Waals surface area contributed by atoms with Crippen LogP contribution in [0.25, 0.3) is 5.69 Å². The van der Waals surface area contributed by atoms with E-state index in [0.29, 0.717) is 5.56 Å². The first-order valence-corrected chi connectivity index (χ1v) is 6.50. The molecule has 104 valence electrons. The van der Waals surface area contributed by atoms with Gasteiger partial charge in [0.05, 0.1) is 18.4 Å². The Hall–Kier alpha value is -2.36. The molecule has 0 amide bonds. The highest BCUT2D eigenvalue weighted by molar-refractivity contribution is 5.76. The number of ether oxygens (including phenoxy) is 1. The molecule has 0 aliphatic heterocycles. The number of carbonyl (C=O) groups excluding carboxylic acids is 1. The van der Waals surface area contributed by atoms with Crippen LogP contribution in [0.1, 0.15) is 35.3 Å². The molecule has 0 radical (unpaired) electrons. The second kappa shape index (κ2) is 6.19. The molecule has 1 aromatic carbocycles. The van der Waals surface area contributed by atoms with Crippen molar-refractivity contribution in [2.45, 2.75) is 19.3 Å². The van der Waals surface area contributed by atoms with E-state index in [4.69, 9.17) is 4.74 Å². The zero-order valence-corrected chi connectivity index (χ0v) is 11.7. The summed E-state index contributed by atoms with van der Waals surface area (Å²) in [6.45, 7) is 5.76. The molecule has 0 bridgehead atoms. The topological polar surface area (TPSA) is 44.1 Å². The second-order valence-corrected chi connectivity index (χ2v) is 4.63. The van der Waals surface area contributed by atoms with Crippen molar-refractivity contribution in [3.05, 3.63) is 54.4 Å². The van der Waals surface area contributed by atoms with Crippen LogP contribution >= 0.6 is 0 Å². The van der Waals surface area contributed by atoms with Crippen molar-refractivity contribution < 1.29 is 9.53 Å². The number of nitrogens with zero attached hydrogens (tertiary/aromatic N) is 2. The molecule has 20 heavy (non-hydrogen) atoms. The van der Waals surface area contributed by atoms with Crippen molar-refractivity contribution >= 4 is 6.29 Å². The number of allylic oxidation sites excluding steroid dienone is 1. The van der Waals surface area contributed by atoms with Crippen LogP contribution in [-0.4, -0.2) is 23.2 Å². The summed E-state index contributed by atoms with van der Waals surface area (Å²) in [7, 11) is 1.62. The number of hydrogen-bond donors (Lipinski definition) is 0. The summed E-state index contributed by atoms with van der Waals surface area (Å²) < 4.78 is 7.02. The summed E-state index contributed by atoms with van der Waals surface area (Å²) >= 11 is 0. The smallest absolute Gasteiger partial charge is 0.153 e. The Balaban J connectivity index is 2.48. The van der Waals surface area contributed by atoms with Gasteiger partial charge in [-0.15, -0.1) is 6.58 Å². The van der Waals surface area contributed by atoms with E-state index in [0.717, 1.165) is 29.8 Å². The number of benzene rings is 1. The minimum atomic E-state index is 0.156. The van der Waals surface area contributed by atoms with Crippen molar-refractivity contribution in [1.82, 2.24) is 9.78 Å². The van der Waals surface area contributed by atoms with E-state index in [9.17, 15) is 4.79 Å². The molecule has 0 spiro atoms. The molecular formula is C16H18N2O2. The predicted molar refractivity (Wildman–Crippen MR) is 78.7 cm³/mol. The van der Waals surface area contributed by atoms with Crippen LogP contribution in [-0.2, 0) is 0 Å². The van der Waals surface area contributed by atoms with Crippen LogP contribution in [0.2, 0.25) is 0 Å². The van der Waals surface area contributed by atoms with Gasteiger partial charge in [-0.25, -0.2) is 4.68 Å². The van der Waals surface area contributed by atoms with Crippen LogP contribution in [0.15, 0.2) is 43.1 Å².